The molecule has 0 aliphatic heterocycles. The molecule has 0 unspecified atom stereocenters. The third kappa shape index (κ3) is 2.15. The van der Waals surface area contributed by atoms with E-state index < -0.39 is 0 Å². The number of benzene rings is 2. The van der Waals surface area contributed by atoms with Gasteiger partial charge < -0.3 is 0 Å². The highest BCUT2D eigenvalue weighted by Crippen LogP contribution is 2.31. The zero-order chi connectivity index (χ0) is 10.8. The van der Waals surface area contributed by atoms with Crippen LogP contribution in [-0.2, 0) is 10.7 Å². The van der Waals surface area contributed by atoms with E-state index in [1.807, 2.05) is 0 Å². The van der Waals surface area contributed by atoms with Crippen LogP contribution in [0.2, 0.25) is 0 Å². The smallest absolute Gasteiger partial charge is 0.0289 e. The second kappa shape index (κ2) is 4.98. The fourth-order valence-corrected chi connectivity index (χ4v) is 3.15. The predicted molar refractivity (Wildman–Crippen MR) is 76.9 cm³/mol. The van der Waals surface area contributed by atoms with Crippen LogP contribution in [0.1, 0.15) is 11.1 Å². The van der Waals surface area contributed by atoms with E-state index in [-0.39, 0.29) is 0 Å². The van der Waals surface area contributed by atoms with Crippen LogP contribution in [0.15, 0.2) is 34.8 Å². The molecule has 3 heteroatoms. The molecule has 0 amide bonds. The van der Waals surface area contributed by atoms with Gasteiger partial charge in [0, 0.05) is 15.1 Å². The molecule has 2 aromatic carbocycles. The van der Waals surface area contributed by atoms with Crippen molar-refractivity contribution in [2.24, 2.45) is 0 Å². The molecule has 0 aromatic heterocycles. The van der Waals surface area contributed by atoms with Gasteiger partial charge in [-0.05, 0) is 28.0 Å². The average molecular weight is 393 g/mol. The van der Waals surface area contributed by atoms with Crippen LogP contribution in [0.25, 0.3) is 10.8 Å². The van der Waals surface area contributed by atoms with Gasteiger partial charge in [0.1, 0.15) is 0 Å². The summed E-state index contributed by atoms with van der Waals surface area (Å²) < 4.78 is 1.16. The molecule has 0 nitrogen and oxygen atoms in total. The normalized spacial score (nSPS) is 10.9. The van der Waals surface area contributed by atoms with Crippen molar-refractivity contribution >= 4 is 58.6 Å². The van der Waals surface area contributed by atoms with Crippen molar-refractivity contribution in [1.29, 1.82) is 0 Å². The Kier molecular flexibility index (Phi) is 3.86. The Morgan fingerprint density at radius 2 is 1.53 bits per heavy atom. The summed E-state index contributed by atoms with van der Waals surface area (Å²) >= 11 is 10.7. The van der Waals surface area contributed by atoms with Gasteiger partial charge in [0.25, 0.3) is 0 Å². The van der Waals surface area contributed by atoms with Gasteiger partial charge in [-0.3, -0.25) is 0 Å². The first-order chi connectivity index (χ1) is 7.27. The van der Waals surface area contributed by atoms with Crippen LogP contribution < -0.4 is 0 Å². The standard InChI is InChI=1S/C12H9Br3/c13-6-8-2-1-3-10-11(15)5-4-9(7-14)12(8)10/h1-5H,6-7H2. The molecule has 78 valence electrons. The number of fused-ring (bicyclic) bond motifs is 1. The van der Waals surface area contributed by atoms with E-state index >= 15 is 0 Å². The summed E-state index contributed by atoms with van der Waals surface area (Å²) in [6.07, 6.45) is 0. The highest BCUT2D eigenvalue weighted by Gasteiger charge is 2.07. The maximum absolute atomic E-state index is 3.59. The minimum atomic E-state index is 0.890. The third-order valence-electron chi connectivity index (χ3n) is 2.45. The number of alkyl halides is 2. The molecule has 0 aliphatic carbocycles. The molecule has 0 fully saturated rings. The molecule has 2 rings (SSSR count). The second-order valence-corrected chi connectivity index (χ2v) is 5.29. The van der Waals surface area contributed by atoms with Gasteiger partial charge in [-0.1, -0.05) is 72.1 Å². The summed E-state index contributed by atoms with van der Waals surface area (Å²) in [5.74, 6) is 0. The van der Waals surface area contributed by atoms with Crippen molar-refractivity contribution in [3.63, 3.8) is 0 Å². The molecule has 0 radical (unpaired) electrons. The zero-order valence-corrected chi connectivity index (χ0v) is 12.7. The topological polar surface area (TPSA) is 0 Å². The summed E-state index contributed by atoms with van der Waals surface area (Å²) in [5.41, 5.74) is 2.67. The van der Waals surface area contributed by atoms with E-state index in [0.29, 0.717) is 0 Å². The van der Waals surface area contributed by atoms with Crippen LogP contribution in [0, 0.1) is 0 Å². The van der Waals surface area contributed by atoms with Gasteiger partial charge in [-0.2, -0.15) is 0 Å². The highest BCUT2D eigenvalue weighted by atomic mass is 79.9. The molecular formula is C12H9Br3. The molecule has 0 atom stereocenters. The molecule has 0 N–H and O–H groups in total. The predicted octanol–water partition coefficient (Wildman–Crippen LogP) is 5.39. The van der Waals surface area contributed by atoms with Crippen molar-refractivity contribution in [2.75, 3.05) is 0 Å². The van der Waals surface area contributed by atoms with Crippen LogP contribution in [0.4, 0.5) is 0 Å². The minimum Gasteiger partial charge on any atom is -0.0876 e. The van der Waals surface area contributed by atoms with Gasteiger partial charge in [0.15, 0.2) is 0 Å². The van der Waals surface area contributed by atoms with Crippen LogP contribution in [0.3, 0.4) is 0 Å². The van der Waals surface area contributed by atoms with E-state index in [0.717, 1.165) is 15.1 Å². The lowest BCUT2D eigenvalue weighted by Gasteiger charge is -2.09. The Bertz CT molecular complexity index is 481. The van der Waals surface area contributed by atoms with Gasteiger partial charge in [0.2, 0.25) is 0 Å². The van der Waals surface area contributed by atoms with Crippen LogP contribution >= 0.6 is 47.8 Å². The van der Waals surface area contributed by atoms with Crippen molar-refractivity contribution in [3.8, 4) is 0 Å². The molecule has 0 saturated carbocycles. The molecule has 0 heterocycles. The Morgan fingerprint density at radius 1 is 0.867 bits per heavy atom. The van der Waals surface area contributed by atoms with E-state index in [1.54, 1.807) is 0 Å². The van der Waals surface area contributed by atoms with Crippen LogP contribution in [0.5, 0.6) is 0 Å². The van der Waals surface area contributed by atoms with Crippen molar-refractivity contribution in [2.45, 2.75) is 10.7 Å². The van der Waals surface area contributed by atoms with E-state index in [1.165, 1.54) is 21.9 Å². The molecule has 0 aliphatic rings. The first kappa shape index (κ1) is 11.6. The lowest BCUT2D eigenvalue weighted by atomic mass is 10.0. The van der Waals surface area contributed by atoms with Crippen molar-refractivity contribution in [3.05, 3.63) is 45.9 Å². The molecule has 0 bridgehead atoms. The Hall–Kier alpha value is 0.140. The SMILES string of the molecule is BrCc1cccc2c(Br)ccc(CBr)c12. The van der Waals surface area contributed by atoms with Crippen molar-refractivity contribution in [1.82, 2.24) is 0 Å². The number of hydrogen-bond acceptors (Lipinski definition) is 0. The van der Waals surface area contributed by atoms with E-state index in [2.05, 4.69) is 78.1 Å². The lowest BCUT2D eigenvalue weighted by molar-refractivity contribution is 1.42. The number of hydrogen-bond donors (Lipinski definition) is 0. The Morgan fingerprint density at radius 3 is 2.20 bits per heavy atom. The summed E-state index contributed by atoms with van der Waals surface area (Å²) in [7, 11) is 0. The number of halogens is 3. The Balaban J connectivity index is 2.87. The second-order valence-electron chi connectivity index (χ2n) is 3.31. The van der Waals surface area contributed by atoms with E-state index in [9.17, 15) is 0 Å². The summed E-state index contributed by atoms with van der Waals surface area (Å²) in [6, 6.07) is 10.7. The number of rotatable bonds is 2. The molecular weight excluding hydrogens is 384 g/mol. The maximum Gasteiger partial charge on any atom is 0.0289 e. The molecule has 0 spiro atoms. The monoisotopic (exact) mass is 390 g/mol. The van der Waals surface area contributed by atoms with Gasteiger partial charge >= 0.3 is 0 Å². The van der Waals surface area contributed by atoms with Crippen molar-refractivity contribution < 1.29 is 0 Å². The van der Waals surface area contributed by atoms with Gasteiger partial charge in [0.05, 0.1) is 0 Å². The Labute approximate surface area is 114 Å². The summed E-state index contributed by atoms with van der Waals surface area (Å²) in [4.78, 5) is 0. The quantitative estimate of drug-likeness (QED) is 0.601. The first-order valence-electron chi connectivity index (χ1n) is 4.59. The molecule has 15 heavy (non-hydrogen) atoms. The largest absolute Gasteiger partial charge is 0.0876 e. The minimum absolute atomic E-state index is 0.890. The zero-order valence-electron chi connectivity index (χ0n) is 7.93. The summed E-state index contributed by atoms with van der Waals surface area (Å²) in [6.45, 7) is 0. The van der Waals surface area contributed by atoms with E-state index in [4.69, 9.17) is 0 Å². The fraction of sp³-hybridized carbons (Fsp3) is 0.167. The maximum atomic E-state index is 3.59. The third-order valence-corrected chi connectivity index (χ3v) is 4.35. The summed E-state index contributed by atoms with van der Waals surface area (Å²) in [5, 5.41) is 4.41. The molecule has 2 aromatic rings. The average Bonchev–Trinajstić information content (AvgIpc) is 2.29. The van der Waals surface area contributed by atoms with Gasteiger partial charge in [-0.15, -0.1) is 0 Å². The molecule has 0 saturated heterocycles. The lowest BCUT2D eigenvalue weighted by Crippen LogP contribution is -1.88. The first-order valence-corrected chi connectivity index (χ1v) is 7.62. The highest BCUT2D eigenvalue weighted by molar-refractivity contribution is 9.10. The van der Waals surface area contributed by atoms with Crippen LogP contribution in [-0.4, -0.2) is 0 Å². The fourth-order valence-electron chi connectivity index (χ4n) is 1.75. The van der Waals surface area contributed by atoms with Gasteiger partial charge in [-0.25, -0.2) is 0 Å².